The second-order valence-corrected chi connectivity index (χ2v) is 7.60. The van der Waals surface area contributed by atoms with E-state index in [2.05, 4.69) is 119 Å². The number of hydrogen-bond donors (Lipinski definition) is 0. The molecule has 0 heterocycles. The highest BCUT2D eigenvalue weighted by Crippen LogP contribution is 2.43. The Balaban J connectivity index is 1.94. The Kier molecular flexibility index (Phi) is 4.46. The van der Waals surface area contributed by atoms with Crippen LogP contribution in [0.2, 0.25) is 0 Å². The van der Waals surface area contributed by atoms with Gasteiger partial charge in [-0.2, -0.15) is 0 Å². The maximum atomic E-state index is 3.55. The molecule has 0 N–H and O–H groups in total. The predicted molar refractivity (Wildman–Crippen MR) is 125 cm³/mol. The van der Waals surface area contributed by atoms with E-state index in [9.17, 15) is 0 Å². The molecule has 0 amide bonds. The smallest absolute Gasteiger partial charge is 0.0283 e. The predicted octanol–water partition coefficient (Wildman–Crippen LogP) is 8.22. The van der Waals surface area contributed by atoms with Gasteiger partial charge in [0.05, 0.1) is 0 Å². The van der Waals surface area contributed by atoms with E-state index in [-0.39, 0.29) is 0 Å². The Labute approximate surface area is 173 Å². The number of fused-ring (bicyclic) bond motifs is 2. The van der Waals surface area contributed by atoms with Crippen LogP contribution < -0.4 is 0 Å². The SMILES string of the molecule is BrCc1ccc(-c2c3ccccc3c(-c3ccccc3)c3ccccc23)cc1. The van der Waals surface area contributed by atoms with Crippen molar-refractivity contribution in [1.82, 2.24) is 0 Å². The highest BCUT2D eigenvalue weighted by atomic mass is 79.9. The second-order valence-electron chi connectivity index (χ2n) is 7.04. The van der Waals surface area contributed by atoms with Gasteiger partial charge in [-0.05, 0) is 49.4 Å². The zero-order valence-electron chi connectivity index (χ0n) is 15.4. The molecule has 0 nitrogen and oxygen atoms in total. The molecule has 5 aromatic carbocycles. The molecule has 0 saturated carbocycles. The molecule has 0 unspecified atom stereocenters. The van der Waals surface area contributed by atoms with E-state index < -0.39 is 0 Å². The zero-order chi connectivity index (χ0) is 18.9. The molecule has 0 bridgehead atoms. The van der Waals surface area contributed by atoms with Gasteiger partial charge in [0.15, 0.2) is 0 Å². The van der Waals surface area contributed by atoms with Crippen LogP contribution in [0.1, 0.15) is 5.56 Å². The van der Waals surface area contributed by atoms with E-state index in [1.165, 1.54) is 49.4 Å². The molecule has 0 aliphatic carbocycles. The fourth-order valence-corrected chi connectivity index (χ4v) is 4.49. The lowest BCUT2D eigenvalue weighted by Gasteiger charge is -2.17. The van der Waals surface area contributed by atoms with Gasteiger partial charge in [0.2, 0.25) is 0 Å². The van der Waals surface area contributed by atoms with Crippen LogP contribution in [0.5, 0.6) is 0 Å². The van der Waals surface area contributed by atoms with E-state index >= 15 is 0 Å². The summed E-state index contributed by atoms with van der Waals surface area (Å²) in [5.41, 5.74) is 6.44. The van der Waals surface area contributed by atoms with E-state index in [1.807, 2.05) is 0 Å². The molecule has 28 heavy (non-hydrogen) atoms. The van der Waals surface area contributed by atoms with Crippen molar-refractivity contribution in [1.29, 1.82) is 0 Å². The summed E-state index contributed by atoms with van der Waals surface area (Å²) in [6.07, 6.45) is 0. The van der Waals surface area contributed by atoms with E-state index in [4.69, 9.17) is 0 Å². The Hall–Kier alpha value is -2.90. The molecule has 0 fully saturated rings. The van der Waals surface area contributed by atoms with Gasteiger partial charge >= 0.3 is 0 Å². The van der Waals surface area contributed by atoms with E-state index in [0.29, 0.717) is 0 Å². The van der Waals surface area contributed by atoms with Gasteiger partial charge < -0.3 is 0 Å². The van der Waals surface area contributed by atoms with E-state index in [1.54, 1.807) is 0 Å². The third-order valence-electron chi connectivity index (χ3n) is 5.39. The molecule has 0 spiro atoms. The molecule has 1 heteroatoms. The van der Waals surface area contributed by atoms with Crippen molar-refractivity contribution in [3.8, 4) is 22.3 Å². The molecule has 5 rings (SSSR count). The first-order valence-corrected chi connectivity index (χ1v) is 10.6. The van der Waals surface area contributed by atoms with Crippen molar-refractivity contribution < 1.29 is 0 Å². The quantitative estimate of drug-likeness (QED) is 0.203. The van der Waals surface area contributed by atoms with Crippen LogP contribution in [0.3, 0.4) is 0 Å². The van der Waals surface area contributed by atoms with Crippen molar-refractivity contribution in [2.45, 2.75) is 5.33 Å². The summed E-state index contributed by atoms with van der Waals surface area (Å²) in [7, 11) is 0. The van der Waals surface area contributed by atoms with Crippen molar-refractivity contribution >= 4 is 37.5 Å². The van der Waals surface area contributed by atoms with Crippen molar-refractivity contribution in [3.05, 3.63) is 109 Å². The number of hydrogen-bond acceptors (Lipinski definition) is 0. The van der Waals surface area contributed by atoms with Gasteiger partial charge in [-0.1, -0.05) is 119 Å². The van der Waals surface area contributed by atoms with Crippen LogP contribution in [-0.2, 0) is 5.33 Å². The lowest BCUT2D eigenvalue weighted by Crippen LogP contribution is -1.90. The van der Waals surface area contributed by atoms with Gasteiger partial charge in [0.25, 0.3) is 0 Å². The van der Waals surface area contributed by atoms with Crippen molar-refractivity contribution in [2.75, 3.05) is 0 Å². The minimum absolute atomic E-state index is 0.877. The fraction of sp³-hybridized carbons (Fsp3) is 0.0370. The monoisotopic (exact) mass is 422 g/mol. The minimum Gasteiger partial charge on any atom is -0.0876 e. The molecular weight excluding hydrogens is 404 g/mol. The van der Waals surface area contributed by atoms with Crippen LogP contribution in [-0.4, -0.2) is 0 Å². The molecule has 0 atom stereocenters. The summed E-state index contributed by atoms with van der Waals surface area (Å²) < 4.78 is 0. The Morgan fingerprint density at radius 2 is 0.821 bits per heavy atom. The fourth-order valence-electron chi connectivity index (χ4n) is 4.12. The first-order chi connectivity index (χ1) is 13.9. The molecule has 0 aromatic heterocycles. The highest BCUT2D eigenvalue weighted by Gasteiger charge is 2.15. The number of halogens is 1. The maximum absolute atomic E-state index is 3.55. The molecule has 0 radical (unpaired) electrons. The standard InChI is InChI=1S/C27H19Br/c28-18-19-14-16-21(17-15-19)27-24-12-6-4-10-22(24)26(20-8-2-1-3-9-20)23-11-5-7-13-25(23)27/h1-17H,18H2. The van der Waals surface area contributed by atoms with Crippen LogP contribution in [0.25, 0.3) is 43.8 Å². The third-order valence-corrected chi connectivity index (χ3v) is 6.04. The number of benzene rings is 5. The average molecular weight is 423 g/mol. The van der Waals surface area contributed by atoms with Gasteiger partial charge in [-0.25, -0.2) is 0 Å². The summed E-state index contributed by atoms with van der Waals surface area (Å²) in [6, 6.07) is 37.2. The zero-order valence-corrected chi connectivity index (χ0v) is 17.0. The third kappa shape index (κ3) is 2.83. The first kappa shape index (κ1) is 17.2. The molecule has 0 saturated heterocycles. The van der Waals surface area contributed by atoms with Crippen LogP contribution >= 0.6 is 15.9 Å². The largest absolute Gasteiger partial charge is 0.0876 e. The van der Waals surface area contributed by atoms with Crippen LogP contribution in [0.15, 0.2) is 103 Å². The normalized spacial score (nSPS) is 11.2. The first-order valence-electron chi connectivity index (χ1n) is 9.51. The summed E-state index contributed by atoms with van der Waals surface area (Å²) in [5.74, 6) is 0. The van der Waals surface area contributed by atoms with E-state index in [0.717, 1.165) is 5.33 Å². The molecule has 0 aliphatic heterocycles. The Bertz CT molecular complexity index is 1210. The van der Waals surface area contributed by atoms with Gasteiger partial charge in [-0.3, -0.25) is 0 Å². The summed E-state index contributed by atoms with van der Waals surface area (Å²) in [4.78, 5) is 0. The highest BCUT2D eigenvalue weighted by molar-refractivity contribution is 9.08. The minimum atomic E-state index is 0.877. The van der Waals surface area contributed by atoms with Crippen LogP contribution in [0, 0.1) is 0 Å². The Morgan fingerprint density at radius 1 is 0.429 bits per heavy atom. The molecule has 0 aliphatic rings. The maximum Gasteiger partial charge on any atom is 0.0283 e. The van der Waals surface area contributed by atoms with Crippen molar-refractivity contribution in [3.63, 3.8) is 0 Å². The summed E-state index contributed by atoms with van der Waals surface area (Å²) >= 11 is 3.55. The summed E-state index contributed by atoms with van der Waals surface area (Å²) in [6.45, 7) is 0. The molecule has 134 valence electrons. The van der Waals surface area contributed by atoms with Crippen LogP contribution in [0.4, 0.5) is 0 Å². The second kappa shape index (κ2) is 7.26. The average Bonchev–Trinajstić information content (AvgIpc) is 2.78. The lowest BCUT2D eigenvalue weighted by molar-refractivity contribution is 1.44. The van der Waals surface area contributed by atoms with Crippen molar-refractivity contribution in [2.24, 2.45) is 0 Å². The summed E-state index contributed by atoms with van der Waals surface area (Å²) in [5, 5.41) is 6.07. The number of rotatable bonds is 3. The number of alkyl halides is 1. The Morgan fingerprint density at radius 3 is 1.25 bits per heavy atom. The van der Waals surface area contributed by atoms with Gasteiger partial charge in [0.1, 0.15) is 0 Å². The molecular formula is C27H19Br. The lowest BCUT2D eigenvalue weighted by atomic mass is 9.86. The topological polar surface area (TPSA) is 0 Å². The van der Waals surface area contributed by atoms with Gasteiger partial charge in [-0.15, -0.1) is 0 Å². The molecule has 5 aromatic rings. The van der Waals surface area contributed by atoms with Gasteiger partial charge in [0, 0.05) is 5.33 Å².